The number of hydrogen-bond acceptors (Lipinski definition) is 3. The molecule has 2 aromatic rings. The van der Waals surface area contributed by atoms with E-state index >= 15 is 0 Å². The van der Waals surface area contributed by atoms with Crippen molar-refractivity contribution in [2.24, 2.45) is 0 Å². The first kappa shape index (κ1) is 12.6. The van der Waals surface area contributed by atoms with Gasteiger partial charge in [-0.05, 0) is 31.0 Å². The molecule has 0 amide bonds. The van der Waals surface area contributed by atoms with Crippen molar-refractivity contribution in [3.63, 3.8) is 0 Å². The van der Waals surface area contributed by atoms with Crippen LogP contribution in [0.3, 0.4) is 0 Å². The molecule has 19 heavy (non-hydrogen) atoms. The molecule has 0 spiro atoms. The van der Waals surface area contributed by atoms with E-state index in [4.69, 9.17) is 11.6 Å². The second-order valence-electron chi connectivity index (χ2n) is 4.44. The number of benzene rings is 1. The van der Waals surface area contributed by atoms with E-state index in [9.17, 15) is 14.3 Å². The van der Waals surface area contributed by atoms with Crippen LogP contribution in [0.1, 0.15) is 34.1 Å². The van der Waals surface area contributed by atoms with Crippen molar-refractivity contribution in [3.8, 4) is 10.6 Å². The van der Waals surface area contributed by atoms with E-state index in [0.29, 0.717) is 16.3 Å². The Morgan fingerprint density at radius 1 is 1.47 bits per heavy atom. The molecule has 3 nitrogen and oxygen atoms in total. The van der Waals surface area contributed by atoms with Crippen LogP contribution in [-0.2, 0) is 0 Å². The highest BCUT2D eigenvalue weighted by atomic mass is 35.5. The van der Waals surface area contributed by atoms with Gasteiger partial charge in [-0.3, -0.25) is 0 Å². The van der Waals surface area contributed by atoms with E-state index in [1.165, 1.54) is 18.2 Å². The predicted molar refractivity (Wildman–Crippen MR) is 71.5 cm³/mol. The van der Waals surface area contributed by atoms with Gasteiger partial charge in [-0.15, -0.1) is 11.3 Å². The molecule has 6 heteroatoms. The average molecular weight is 298 g/mol. The quantitative estimate of drug-likeness (QED) is 0.924. The third-order valence-electron chi connectivity index (χ3n) is 2.97. The van der Waals surface area contributed by atoms with Crippen molar-refractivity contribution >= 4 is 28.9 Å². The van der Waals surface area contributed by atoms with Crippen LogP contribution in [0, 0.1) is 5.82 Å². The van der Waals surface area contributed by atoms with Crippen LogP contribution in [-0.4, -0.2) is 16.1 Å². The minimum atomic E-state index is -0.969. The molecule has 1 aliphatic rings. The maximum Gasteiger partial charge on any atom is 0.347 e. The van der Waals surface area contributed by atoms with Gasteiger partial charge >= 0.3 is 5.97 Å². The molecule has 1 aromatic carbocycles. The number of rotatable bonds is 3. The third-order valence-corrected chi connectivity index (χ3v) is 4.38. The lowest BCUT2D eigenvalue weighted by Gasteiger charge is -1.99. The summed E-state index contributed by atoms with van der Waals surface area (Å²) in [5.74, 6) is -1.15. The lowest BCUT2D eigenvalue weighted by atomic mass is 10.2. The zero-order valence-corrected chi connectivity index (χ0v) is 11.3. The minimum Gasteiger partial charge on any atom is -0.477 e. The first-order chi connectivity index (χ1) is 9.06. The van der Waals surface area contributed by atoms with Crippen LogP contribution in [0.4, 0.5) is 4.39 Å². The van der Waals surface area contributed by atoms with E-state index in [2.05, 4.69) is 4.98 Å². The van der Waals surface area contributed by atoms with Gasteiger partial charge in [-0.2, -0.15) is 0 Å². The monoisotopic (exact) mass is 297 g/mol. The lowest BCUT2D eigenvalue weighted by molar-refractivity contribution is 0.0700. The SMILES string of the molecule is O=C(O)c1sc(-c2ccc(F)cc2Cl)nc1C1CC1. The van der Waals surface area contributed by atoms with Gasteiger partial charge < -0.3 is 5.11 Å². The van der Waals surface area contributed by atoms with Crippen molar-refractivity contribution in [1.29, 1.82) is 0 Å². The Balaban J connectivity index is 2.10. The summed E-state index contributed by atoms with van der Waals surface area (Å²) in [6.45, 7) is 0. The normalized spacial score (nSPS) is 14.6. The molecule has 1 saturated carbocycles. The highest BCUT2D eigenvalue weighted by Gasteiger charge is 2.32. The molecule has 1 aromatic heterocycles. The van der Waals surface area contributed by atoms with Gasteiger partial charge in [0, 0.05) is 11.5 Å². The predicted octanol–water partition coefficient (Wildman–Crippen LogP) is 4.18. The molecular formula is C13H9ClFNO2S. The molecule has 0 unspecified atom stereocenters. The highest BCUT2D eigenvalue weighted by Crippen LogP contribution is 2.44. The van der Waals surface area contributed by atoms with Gasteiger partial charge in [-0.1, -0.05) is 11.6 Å². The summed E-state index contributed by atoms with van der Waals surface area (Å²) in [6, 6.07) is 4.02. The Bertz CT molecular complexity index is 667. The molecular weight excluding hydrogens is 289 g/mol. The summed E-state index contributed by atoms with van der Waals surface area (Å²) >= 11 is 7.07. The maximum absolute atomic E-state index is 13.0. The van der Waals surface area contributed by atoms with Crippen molar-refractivity contribution in [2.45, 2.75) is 18.8 Å². The number of carboxylic acids is 1. The zero-order valence-electron chi connectivity index (χ0n) is 9.69. The highest BCUT2D eigenvalue weighted by molar-refractivity contribution is 7.17. The molecule has 98 valence electrons. The van der Waals surface area contributed by atoms with Crippen LogP contribution in [0.2, 0.25) is 5.02 Å². The van der Waals surface area contributed by atoms with Gasteiger partial charge in [0.15, 0.2) is 0 Å². The number of carboxylic acid groups (broad SMARTS) is 1. The summed E-state index contributed by atoms with van der Waals surface area (Å²) in [4.78, 5) is 15.9. The summed E-state index contributed by atoms with van der Waals surface area (Å²) in [5.41, 5.74) is 1.20. The molecule has 0 radical (unpaired) electrons. The first-order valence-corrected chi connectivity index (χ1v) is 6.95. The summed E-state index contributed by atoms with van der Waals surface area (Å²) in [5, 5.41) is 9.97. The van der Waals surface area contributed by atoms with E-state index in [0.717, 1.165) is 24.2 Å². The molecule has 3 rings (SSSR count). The number of thiazole rings is 1. The number of halogens is 2. The maximum atomic E-state index is 13.0. The first-order valence-electron chi connectivity index (χ1n) is 5.75. The second kappa shape index (κ2) is 4.58. The lowest BCUT2D eigenvalue weighted by Crippen LogP contribution is -1.97. The Kier molecular flexibility index (Phi) is 3.03. The van der Waals surface area contributed by atoms with Crippen LogP contribution < -0.4 is 0 Å². The van der Waals surface area contributed by atoms with Crippen LogP contribution >= 0.6 is 22.9 Å². The Morgan fingerprint density at radius 3 is 2.79 bits per heavy atom. The van der Waals surface area contributed by atoms with E-state index in [1.807, 2.05) is 0 Å². The fourth-order valence-corrected chi connectivity index (χ4v) is 3.24. The zero-order chi connectivity index (χ0) is 13.6. The topological polar surface area (TPSA) is 50.2 Å². The second-order valence-corrected chi connectivity index (χ2v) is 5.84. The number of carbonyl (C=O) groups is 1. The number of hydrogen-bond donors (Lipinski definition) is 1. The largest absolute Gasteiger partial charge is 0.477 e. The summed E-state index contributed by atoms with van der Waals surface area (Å²) in [7, 11) is 0. The molecule has 1 aliphatic carbocycles. The third kappa shape index (κ3) is 2.35. The van der Waals surface area contributed by atoms with E-state index in [1.54, 1.807) is 0 Å². The van der Waals surface area contributed by atoms with Crippen LogP contribution in [0.15, 0.2) is 18.2 Å². The van der Waals surface area contributed by atoms with Gasteiger partial charge in [0.05, 0.1) is 10.7 Å². The number of aromatic nitrogens is 1. The minimum absolute atomic E-state index is 0.244. The fourth-order valence-electron chi connectivity index (χ4n) is 1.90. The molecule has 0 aliphatic heterocycles. The number of nitrogens with zero attached hydrogens (tertiary/aromatic N) is 1. The smallest absolute Gasteiger partial charge is 0.347 e. The summed E-state index contributed by atoms with van der Waals surface area (Å²) in [6.07, 6.45) is 1.95. The van der Waals surface area contributed by atoms with E-state index in [-0.39, 0.29) is 15.8 Å². The molecule has 0 bridgehead atoms. The molecule has 1 fully saturated rings. The standard InChI is InChI=1S/C13H9ClFNO2S/c14-9-5-7(15)3-4-8(9)12-16-10(6-1-2-6)11(19-12)13(17)18/h3-6H,1-2H2,(H,17,18). The summed E-state index contributed by atoms with van der Waals surface area (Å²) < 4.78 is 13.0. The molecule has 1 N–H and O–H groups in total. The molecule has 1 heterocycles. The van der Waals surface area contributed by atoms with Crippen LogP contribution in [0.25, 0.3) is 10.6 Å². The van der Waals surface area contributed by atoms with Gasteiger partial charge in [-0.25, -0.2) is 14.2 Å². The Morgan fingerprint density at radius 2 is 2.21 bits per heavy atom. The van der Waals surface area contributed by atoms with Gasteiger partial charge in [0.1, 0.15) is 15.7 Å². The van der Waals surface area contributed by atoms with Gasteiger partial charge in [0.2, 0.25) is 0 Å². The van der Waals surface area contributed by atoms with Crippen molar-refractivity contribution < 1.29 is 14.3 Å². The van der Waals surface area contributed by atoms with Gasteiger partial charge in [0.25, 0.3) is 0 Å². The Hall–Kier alpha value is -1.46. The van der Waals surface area contributed by atoms with Crippen molar-refractivity contribution in [2.75, 3.05) is 0 Å². The average Bonchev–Trinajstić information content (AvgIpc) is 3.09. The van der Waals surface area contributed by atoms with Crippen molar-refractivity contribution in [3.05, 3.63) is 39.6 Å². The van der Waals surface area contributed by atoms with Crippen molar-refractivity contribution in [1.82, 2.24) is 4.98 Å². The number of aromatic carboxylic acids is 1. The molecule has 0 saturated heterocycles. The van der Waals surface area contributed by atoms with Crippen LogP contribution in [0.5, 0.6) is 0 Å². The molecule has 0 atom stereocenters. The fraction of sp³-hybridized carbons (Fsp3) is 0.231. The Labute approximate surface area is 117 Å². The van der Waals surface area contributed by atoms with E-state index < -0.39 is 11.8 Å².